The zero-order valence-electron chi connectivity index (χ0n) is 22.9. The summed E-state index contributed by atoms with van der Waals surface area (Å²) in [5, 5.41) is 1.06. The van der Waals surface area contributed by atoms with E-state index in [-0.39, 0.29) is 22.6 Å². The van der Waals surface area contributed by atoms with E-state index >= 15 is 0 Å². The van der Waals surface area contributed by atoms with E-state index in [2.05, 4.69) is 41.4 Å². The topological polar surface area (TPSA) is 67.2 Å². The van der Waals surface area contributed by atoms with Gasteiger partial charge in [-0.25, -0.2) is 9.78 Å². The van der Waals surface area contributed by atoms with Crippen LogP contribution in [0.25, 0.3) is 27.9 Å². The molecule has 42 heavy (non-hydrogen) atoms. The quantitative estimate of drug-likeness (QED) is 0.231. The monoisotopic (exact) mass is 574 g/mol. The molecule has 0 radical (unpaired) electrons. The summed E-state index contributed by atoms with van der Waals surface area (Å²) in [5.74, 6) is 0.958. The van der Waals surface area contributed by atoms with E-state index < -0.39 is 0 Å². The van der Waals surface area contributed by atoms with Gasteiger partial charge in [0.15, 0.2) is 11.8 Å². The highest BCUT2D eigenvalue weighted by atomic mass is 35.5. The van der Waals surface area contributed by atoms with Crippen molar-refractivity contribution in [2.75, 3.05) is 13.1 Å². The highest BCUT2D eigenvalue weighted by Gasteiger charge is 2.49. The van der Waals surface area contributed by atoms with Gasteiger partial charge >= 0.3 is 6.09 Å². The lowest BCUT2D eigenvalue weighted by Crippen LogP contribution is -2.46. The molecular weight excluding hydrogens is 546 g/mol. The Bertz CT molecular complexity index is 1780. The van der Waals surface area contributed by atoms with Crippen molar-refractivity contribution in [3.8, 4) is 11.3 Å². The average Bonchev–Trinajstić information content (AvgIpc) is 3.37. The molecule has 1 fully saturated rings. The number of benzene rings is 3. The second-order valence-corrected chi connectivity index (χ2v) is 11.2. The van der Waals surface area contributed by atoms with Crippen LogP contribution in [-0.2, 0) is 11.3 Å². The number of amides is 1. The third kappa shape index (κ3) is 4.91. The highest BCUT2D eigenvalue weighted by molar-refractivity contribution is 6.20. The van der Waals surface area contributed by atoms with Gasteiger partial charge < -0.3 is 9.64 Å². The molecule has 0 N–H and O–H groups in total. The van der Waals surface area contributed by atoms with Crippen molar-refractivity contribution in [2.45, 2.75) is 19.4 Å². The maximum atomic E-state index is 12.7. The summed E-state index contributed by atoms with van der Waals surface area (Å²) >= 11 is 7.31. The zero-order chi connectivity index (χ0) is 28.5. The second kappa shape index (κ2) is 11.0. The van der Waals surface area contributed by atoms with Crippen LogP contribution < -0.4 is 0 Å². The van der Waals surface area contributed by atoms with Gasteiger partial charge in [-0.15, -0.1) is 4.00 Å². The number of halogens is 1. The molecule has 1 aromatic heterocycles. The van der Waals surface area contributed by atoms with Crippen LogP contribution in [0.15, 0.2) is 119 Å². The molecule has 3 aromatic carbocycles. The fourth-order valence-corrected chi connectivity index (χ4v) is 6.15. The predicted octanol–water partition coefficient (Wildman–Crippen LogP) is 7.56. The van der Waals surface area contributed by atoms with E-state index in [4.69, 9.17) is 26.5 Å². The average molecular weight is 575 g/mol. The number of quaternary nitrogens is 1. The first-order valence-corrected chi connectivity index (χ1v) is 14.5. The Morgan fingerprint density at radius 2 is 1.67 bits per heavy atom. The number of likely N-dealkylation sites (tertiary alicyclic amines) is 1. The largest absolute Gasteiger partial charge is 0.445 e. The van der Waals surface area contributed by atoms with Crippen LogP contribution in [-0.4, -0.2) is 45.1 Å². The van der Waals surface area contributed by atoms with E-state index in [1.165, 1.54) is 0 Å². The van der Waals surface area contributed by atoms with Gasteiger partial charge in [0.2, 0.25) is 11.5 Å². The number of piperidine rings is 1. The third-order valence-corrected chi connectivity index (χ3v) is 8.53. The summed E-state index contributed by atoms with van der Waals surface area (Å²) in [6.45, 7) is 1.43. The molecule has 1 unspecified atom stereocenters. The van der Waals surface area contributed by atoms with E-state index in [0.29, 0.717) is 13.1 Å². The van der Waals surface area contributed by atoms with E-state index in [1.807, 2.05) is 60.8 Å². The predicted molar refractivity (Wildman–Crippen MR) is 166 cm³/mol. The minimum Gasteiger partial charge on any atom is -0.445 e. The van der Waals surface area contributed by atoms with Crippen molar-refractivity contribution in [2.24, 2.45) is 15.9 Å². The third-order valence-electron chi connectivity index (χ3n) is 8.07. The number of ether oxygens (including phenoxy) is 1. The number of hydrogen-bond donors (Lipinski definition) is 0. The van der Waals surface area contributed by atoms with Gasteiger partial charge in [0, 0.05) is 29.6 Å². The van der Waals surface area contributed by atoms with Gasteiger partial charge in [0.25, 0.3) is 0 Å². The summed E-state index contributed by atoms with van der Waals surface area (Å²) in [6.07, 6.45) is 6.60. The lowest BCUT2D eigenvalue weighted by molar-refractivity contribution is -0.604. The minimum absolute atomic E-state index is 0.0303. The summed E-state index contributed by atoms with van der Waals surface area (Å²) in [6, 6.07) is 30.3. The summed E-state index contributed by atoms with van der Waals surface area (Å²) in [5.41, 5.74) is 6.42. The molecule has 1 atom stereocenters. The molecule has 1 amide bonds. The SMILES string of the molecule is O=C(OCc1ccccc1)N1CCC(C2=NC(c3ccc4ccc(-c5ccccc5)nc4c3)=C3C=NC=C[N+]23Cl)CC1. The number of nitrogens with zero attached hydrogens (tertiary/aromatic N) is 5. The molecule has 4 aromatic rings. The standard InChI is InChI=1S/C34H29ClN5O2/c35-40-20-17-36-22-31(40)32(28-12-11-26-13-14-29(37-30(26)21-28)25-9-5-2-6-10-25)38-33(40)27-15-18-39(19-16-27)34(41)42-23-24-7-3-1-4-8-24/h1-14,17,20-22,27H,15-16,18-19,23H2/q+1. The lowest BCUT2D eigenvalue weighted by Gasteiger charge is -2.33. The zero-order valence-corrected chi connectivity index (χ0v) is 23.7. The molecular formula is C34H29ClN5O2+. The van der Waals surface area contributed by atoms with Crippen LogP contribution in [0.3, 0.4) is 0 Å². The van der Waals surface area contributed by atoms with Gasteiger partial charge in [-0.05, 0) is 30.5 Å². The van der Waals surface area contributed by atoms with Crippen molar-refractivity contribution in [1.29, 1.82) is 0 Å². The highest BCUT2D eigenvalue weighted by Crippen LogP contribution is 2.43. The Balaban J connectivity index is 1.13. The molecule has 0 spiro atoms. The van der Waals surface area contributed by atoms with E-state index in [9.17, 15) is 4.79 Å². The Hall–Kier alpha value is -4.59. The number of hydrogen-bond acceptors (Lipinski definition) is 5. The molecule has 208 valence electrons. The van der Waals surface area contributed by atoms with Crippen molar-refractivity contribution in [3.05, 3.63) is 120 Å². The summed E-state index contributed by atoms with van der Waals surface area (Å²) < 4.78 is 5.53. The van der Waals surface area contributed by atoms with Crippen LogP contribution in [0.1, 0.15) is 24.0 Å². The molecule has 7 rings (SSSR count). The lowest BCUT2D eigenvalue weighted by atomic mass is 9.95. The Labute approximate surface area is 249 Å². The summed E-state index contributed by atoms with van der Waals surface area (Å²) in [4.78, 5) is 29.0. The van der Waals surface area contributed by atoms with Crippen LogP contribution in [0, 0.1) is 5.92 Å². The number of carbonyl (C=O) groups excluding carboxylic acids is 1. The first-order valence-electron chi connectivity index (χ1n) is 14.1. The van der Waals surface area contributed by atoms with Gasteiger partial charge in [-0.2, -0.15) is 4.99 Å². The fourth-order valence-electron chi connectivity index (χ4n) is 5.80. The van der Waals surface area contributed by atoms with Gasteiger partial charge in [-0.1, -0.05) is 78.9 Å². The number of fused-ring (bicyclic) bond motifs is 2. The Morgan fingerprint density at radius 1 is 0.929 bits per heavy atom. The molecule has 4 heterocycles. The van der Waals surface area contributed by atoms with Crippen molar-refractivity contribution >= 4 is 46.5 Å². The number of amidine groups is 1. The number of aromatic nitrogens is 1. The molecule has 1 saturated heterocycles. The second-order valence-electron chi connectivity index (χ2n) is 10.7. The van der Waals surface area contributed by atoms with Crippen LogP contribution in [0.2, 0.25) is 0 Å². The normalized spacial score (nSPS) is 20.1. The van der Waals surface area contributed by atoms with Crippen molar-refractivity contribution in [3.63, 3.8) is 0 Å². The smallest absolute Gasteiger partial charge is 0.410 e. The molecule has 0 saturated carbocycles. The molecule has 3 aliphatic heterocycles. The number of pyridine rings is 1. The molecule has 0 aliphatic carbocycles. The molecule has 3 aliphatic rings. The van der Waals surface area contributed by atoms with Crippen LogP contribution in [0.4, 0.5) is 4.79 Å². The number of aliphatic imine (C=N–C) groups is 2. The Kier molecular flexibility index (Phi) is 6.90. The first-order chi connectivity index (χ1) is 20.6. The molecule has 8 heteroatoms. The number of rotatable bonds is 5. The van der Waals surface area contributed by atoms with Crippen LogP contribution >= 0.6 is 11.8 Å². The van der Waals surface area contributed by atoms with E-state index in [1.54, 1.807) is 17.3 Å². The Morgan fingerprint density at radius 3 is 2.45 bits per heavy atom. The van der Waals surface area contributed by atoms with Crippen molar-refractivity contribution < 1.29 is 13.5 Å². The molecule has 7 nitrogen and oxygen atoms in total. The van der Waals surface area contributed by atoms with Gasteiger partial charge in [0.05, 0.1) is 29.5 Å². The van der Waals surface area contributed by atoms with Crippen LogP contribution in [0.5, 0.6) is 0 Å². The maximum absolute atomic E-state index is 12.7. The maximum Gasteiger partial charge on any atom is 0.410 e. The minimum atomic E-state index is -0.288. The fraction of sp³-hybridized carbons (Fsp3) is 0.176. The number of carbonyl (C=O) groups is 1. The van der Waals surface area contributed by atoms with Crippen molar-refractivity contribution in [1.82, 2.24) is 9.88 Å². The summed E-state index contributed by atoms with van der Waals surface area (Å²) in [7, 11) is 0. The number of allylic oxidation sites excluding steroid dienone is 1. The van der Waals surface area contributed by atoms with Gasteiger partial charge in [-0.3, -0.25) is 4.99 Å². The first kappa shape index (κ1) is 26.3. The molecule has 0 bridgehead atoms. The van der Waals surface area contributed by atoms with Gasteiger partial charge in [0.1, 0.15) is 18.5 Å². The van der Waals surface area contributed by atoms with E-state index in [0.717, 1.165) is 63.4 Å².